The molecule has 8 heteroatoms. The molecular formula is C10H13F3N2O2S. The number of hydrogen-bond donors (Lipinski definition) is 2. The molecule has 18 heavy (non-hydrogen) atoms. The Hall–Kier alpha value is -1.12. The monoisotopic (exact) mass is 282 g/mol. The zero-order valence-electron chi connectivity index (χ0n) is 9.42. The molecule has 0 aromatic heterocycles. The number of nitrogens with two attached hydrogens (primary N) is 1. The maximum absolute atomic E-state index is 13.3. The zero-order valence-corrected chi connectivity index (χ0v) is 10.2. The lowest BCUT2D eigenvalue weighted by Crippen LogP contribution is -2.26. The Balaban J connectivity index is 2.88. The molecule has 0 atom stereocenters. The molecule has 0 aliphatic heterocycles. The van der Waals surface area contributed by atoms with Crippen LogP contribution in [-0.2, 0) is 10.0 Å². The van der Waals surface area contributed by atoms with Gasteiger partial charge >= 0.3 is 0 Å². The first-order valence-corrected chi connectivity index (χ1v) is 6.71. The molecule has 0 heterocycles. The Morgan fingerprint density at radius 2 is 1.67 bits per heavy atom. The van der Waals surface area contributed by atoms with Gasteiger partial charge in [0.2, 0.25) is 10.0 Å². The van der Waals surface area contributed by atoms with Crippen molar-refractivity contribution in [1.82, 2.24) is 4.72 Å². The zero-order chi connectivity index (χ0) is 13.8. The Morgan fingerprint density at radius 3 is 2.28 bits per heavy atom. The van der Waals surface area contributed by atoms with Crippen molar-refractivity contribution in [2.75, 3.05) is 13.1 Å². The van der Waals surface area contributed by atoms with Gasteiger partial charge in [0, 0.05) is 12.6 Å². The van der Waals surface area contributed by atoms with E-state index in [9.17, 15) is 21.6 Å². The first-order valence-electron chi connectivity index (χ1n) is 5.23. The molecule has 0 saturated heterocycles. The van der Waals surface area contributed by atoms with E-state index in [1.807, 2.05) is 0 Å². The number of sulfonamides is 1. The Labute approximate surface area is 103 Å². The average Bonchev–Trinajstić information content (AvgIpc) is 2.29. The normalized spacial score (nSPS) is 11.8. The minimum absolute atomic E-state index is 0.0535. The quantitative estimate of drug-likeness (QED) is 0.606. The molecule has 0 spiro atoms. The van der Waals surface area contributed by atoms with Gasteiger partial charge in [0.1, 0.15) is 10.7 Å². The van der Waals surface area contributed by atoms with E-state index in [0.29, 0.717) is 25.5 Å². The topological polar surface area (TPSA) is 72.2 Å². The minimum Gasteiger partial charge on any atom is -0.330 e. The van der Waals surface area contributed by atoms with Crippen LogP contribution in [0.1, 0.15) is 12.8 Å². The summed E-state index contributed by atoms with van der Waals surface area (Å²) >= 11 is 0. The van der Waals surface area contributed by atoms with E-state index in [4.69, 9.17) is 5.73 Å². The number of unbranched alkanes of at least 4 members (excludes halogenated alkanes) is 1. The third-order valence-corrected chi connectivity index (χ3v) is 3.66. The van der Waals surface area contributed by atoms with Crippen molar-refractivity contribution in [2.24, 2.45) is 5.73 Å². The fraction of sp³-hybridized carbons (Fsp3) is 0.400. The Morgan fingerprint density at radius 1 is 1.06 bits per heavy atom. The summed E-state index contributed by atoms with van der Waals surface area (Å²) in [5, 5.41) is 0. The molecule has 0 aliphatic rings. The van der Waals surface area contributed by atoms with E-state index in [0.717, 1.165) is 0 Å². The maximum atomic E-state index is 13.3. The molecule has 0 unspecified atom stereocenters. The van der Waals surface area contributed by atoms with Crippen molar-refractivity contribution < 1.29 is 21.6 Å². The third-order valence-electron chi connectivity index (χ3n) is 2.19. The van der Waals surface area contributed by atoms with Gasteiger partial charge < -0.3 is 5.73 Å². The van der Waals surface area contributed by atoms with E-state index < -0.39 is 32.4 Å². The SMILES string of the molecule is NCCCCNS(=O)(=O)c1cc(F)c(F)cc1F. The molecule has 3 N–H and O–H groups in total. The lowest BCUT2D eigenvalue weighted by molar-refractivity contribution is 0.481. The maximum Gasteiger partial charge on any atom is 0.243 e. The minimum atomic E-state index is -4.18. The lowest BCUT2D eigenvalue weighted by atomic mass is 10.3. The van der Waals surface area contributed by atoms with Gasteiger partial charge in [-0.05, 0) is 25.5 Å². The van der Waals surface area contributed by atoms with Crippen molar-refractivity contribution in [3.05, 3.63) is 29.6 Å². The second kappa shape index (κ2) is 6.17. The van der Waals surface area contributed by atoms with Gasteiger partial charge in [-0.3, -0.25) is 0 Å². The fourth-order valence-corrected chi connectivity index (χ4v) is 2.41. The average molecular weight is 282 g/mol. The first kappa shape index (κ1) is 14.9. The molecule has 0 amide bonds. The van der Waals surface area contributed by atoms with E-state index in [-0.39, 0.29) is 12.6 Å². The highest BCUT2D eigenvalue weighted by atomic mass is 32.2. The summed E-state index contributed by atoms with van der Waals surface area (Å²) in [7, 11) is -4.18. The second-order valence-electron chi connectivity index (χ2n) is 3.59. The molecule has 0 fully saturated rings. The largest absolute Gasteiger partial charge is 0.330 e. The van der Waals surface area contributed by atoms with Crippen LogP contribution in [0, 0.1) is 17.5 Å². The van der Waals surface area contributed by atoms with Crippen LogP contribution in [0.2, 0.25) is 0 Å². The highest BCUT2D eigenvalue weighted by Crippen LogP contribution is 2.18. The molecule has 0 aliphatic carbocycles. The van der Waals surface area contributed by atoms with Gasteiger partial charge in [-0.25, -0.2) is 26.3 Å². The summed E-state index contributed by atoms with van der Waals surface area (Å²) in [5.74, 6) is -4.19. The molecule has 1 rings (SSSR count). The van der Waals surface area contributed by atoms with E-state index in [1.165, 1.54) is 0 Å². The van der Waals surface area contributed by atoms with Crippen LogP contribution in [0.4, 0.5) is 13.2 Å². The van der Waals surface area contributed by atoms with Gasteiger partial charge in [0.05, 0.1) is 0 Å². The number of benzene rings is 1. The van der Waals surface area contributed by atoms with Crippen molar-refractivity contribution in [3.8, 4) is 0 Å². The van der Waals surface area contributed by atoms with E-state index >= 15 is 0 Å². The Bertz CT molecular complexity index is 520. The van der Waals surface area contributed by atoms with Crippen molar-refractivity contribution in [2.45, 2.75) is 17.7 Å². The highest BCUT2D eigenvalue weighted by molar-refractivity contribution is 7.89. The van der Waals surface area contributed by atoms with Crippen LogP contribution in [0.15, 0.2) is 17.0 Å². The van der Waals surface area contributed by atoms with E-state index in [1.54, 1.807) is 0 Å². The number of nitrogens with one attached hydrogen (secondary N) is 1. The summed E-state index contributed by atoms with van der Waals surface area (Å²) in [6, 6.07) is 0.514. The molecule has 0 saturated carbocycles. The summed E-state index contributed by atoms with van der Waals surface area (Å²) in [4.78, 5) is -0.908. The first-order chi connectivity index (χ1) is 8.38. The van der Waals surface area contributed by atoms with Gasteiger partial charge in [-0.2, -0.15) is 0 Å². The summed E-state index contributed by atoms with van der Waals surface area (Å²) in [6.45, 7) is 0.458. The standard InChI is InChI=1S/C10H13F3N2O2S/c11-7-5-9(13)10(6-8(7)12)18(16,17)15-4-2-1-3-14/h5-6,15H,1-4,14H2. The smallest absolute Gasteiger partial charge is 0.243 e. The number of halogens is 3. The highest BCUT2D eigenvalue weighted by Gasteiger charge is 2.21. The number of hydrogen-bond acceptors (Lipinski definition) is 3. The third kappa shape index (κ3) is 3.69. The van der Waals surface area contributed by atoms with Crippen LogP contribution in [0.5, 0.6) is 0 Å². The van der Waals surface area contributed by atoms with Crippen LogP contribution in [-0.4, -0.2) is 21.5 Å². The van der Waals surface area contributed by atoms with Crippen molar-refractivity contribution in [1.29, 1.82) is 0 Å². The molecule has 102 valence electrons. The summed E-state index contributed by atoms with van der Waals surface area (Å²) < 4.78 is 64.1. The van der Waals surface area contributed by atoms with Crippen LogP contribution in [0.3, 0.4) is 0 Å². The van der Waals surface area contributed by atoms with Gasteiger partial charge in [0.25, 0.3) is 0 Å². The molecule has 1 aromatic carbocycles. The van der Waals surface area contributed by atoms with Crippen LogP contribution in [0.25, 0.3) is 0 Å². The summed E-state index contributed by atoms with van der Waals surface area (Å²) in [5.41, 5.74) is 5.22. The van der Waals surface area contributed by atoms with Crippen LogP contribution >= 0.6 is 0 Å². The molecular weight excluding hydrogens is 269 g/mol. The van der Waals surface area contributed by atoms with Crippen molar-refractivity contribution >= 4 is 10.0 Å². The molecule has 1 aromatic rings. The predicted molar refractivity (Wildman–Crippen MR) is 59.8 cm³/mol. The van der Waals surface area contributed by atoms with E-state index in [2.05, 4.69) is 4.72 Å². The predicted octanol–water partition coefficient (Wildman–Crippen LogP) is 1.12. The molecule has 4 nitrogen and oxygen atoms in total. The van der Waals surface area contributed by atoms with Gasteiger partial charge in [-0.15, -0.1) is 0 Å². The molecule has 0 bridgehead atoms. The molecule has 0 radical (unpaired) electrons. The Kier molecular flexibility index (Phi) is 5.12. The van der Waals surface area contributed by atoms with Crippen LogP contribution < -0.4 is 10.5 Å². The van der Waals surface area contributed by atoms with Gasteiger partial charge in [0.15, 0.2) is 11.6 Å². The lowest BCUT2D eigenvalue weighted by Gasteiger charge is -2.07. The number of rotatable bonds is 6. The van der Waals surface area contributed by atoms with Gasteiger partial charge in [-0.1, -0.05) is 0 Å². The second-order valence-corrected chi connectivity index (χ2v) is 5.33. The summed E-state index contributed by atoms with van der Waals surface area (Å²) in [6.07, 6.45) is 1.07. The fourth-order valence-electron chi connectivity index (χ4n) is 1.26. The van der Waals surface area contributed by atoms with Crippen molar-refractivity contribution in [3.63, 3.8) is 0 Å².